The fraction of sp³-hybridized carbons (Fsp3) is 0.273. The predicted octanol–water partition coefficient (Wildman–Crippen LogP) is 1.63. The Labute approximate surface area is 195 Å². The molecule has 1 N–H and O–H groups in total. The highest BCUT2D eigenvalue weighted by molar-refractivity contribution is 7.89. The number of anilines is 1. The van der Waals surface area contributed by atoms with Gasteiger partial charge in [0.2, 0.25) is 10.0 Å². The van der Waals surface area contributed by atoms with Gasteiger partial charge in [0.05, 0.1) is 16.0 Å². The van der Waals surface area contributed by atoms with E-state index in [0.29, 0.717) is 0 Å². The van der Waals surface area contributed by atoms with Gasteiger partial charge in [-0.2, -0.15) is 0 Å². The molecule has 1 aliphatic heterocycles. The van der Waals surface area contributed by atoms with Gasteiger partial charge in [-0.25, -0.2) is 17.1 Å². The highest BCUT2D eigenvalue weighted by atomic mass is 32.2. The van der Waals surface area contributed by atoms with Crippen molar-refractivity contribution in [2.24, 2.45) is 0 Å². The molecule has 0 aromatic heterocycles. The monoisotopic (exact) mass is 491 g/mol. The molecule has 34 heavy (non-hydrogen) atoms. The van der Waals surface area contributed by atoms with Crippen LogP contribution in [0.25, 0.3) is 0 Å². The van der Waals surface area contributed by atoms with Crippen molar-refractivity contribution >= 4 is 39.4 Å². The second-order valence-electron chi connectivity index (χ2n) is 7.52. The van der Waals surface area contributed by atoms with Gasteiger partial charge < -0.3 is 10.1 Å². The van der Waals surface area contributed by atoms with Crippen molar-refractivity contribution in [3.05, 3.63) is 59.4 Å². The number of hydrogen-bond acceptors (Lipinski definition) is 7. The Morgan fingerprint density at radius 1 is 1.06 bits per heavy atom. The lowest BCUT2D eigenvalue weighted by molar-refractivity contribution is -0.147. The minimum absolute atomic E-state index is 0.0112. The normalized spacial score (nSPS) is 13.2. The molecule has 0 saturated carbocycles. The number of rotatable bonds is 9. The summed E-state index contributed by atoms with van der Waals surface area (Å²) in [5.41, 5.74) is 0.675. The lowest BCUT2D eigenvalue weighted by Gasteiger charge is -2.17. The number of nitrogens with one attached hydrogen (secondary N) is 1. The molecule has 0 unspecified atom stereocenters. The van der Waals surface area contributed by atoms with Gasteiger partial charge in [-0.3, -0.25) is 24.1 Å². The number of benzene rings is 2. The zero-order valence-corrected chi connectivity index (χ0v) is 19.2. The van der Waals surface area contributed by atoms with Gasteiger partial charge in [0.25, 0.3) is 17.7 Å². The average Bonchev–Trinajstić information content (AvgIpc) is 3.01. The second kappa shape index (κ2) is 10.1. The van der Waals surface area contributed by atoms with Gasteiger partial charge >= 0.3 is 5.97 Å². The summed E-state index contributed by atoms with van der Waals surface area (Å²) >= 11 is 0. The fourth-order valence-corrected chi connectivity index (χ4v) is 4.42. The van der Waals surface area contributed by atoms with Crippen LogP contribution in [0.3, 0.4) is 0 Å². The number of ether oxygens (including phenoxy) is 1. The van der Waals surface area contributed by atoms with Gasteiger partial charge in [0, 0.05) is 32.7 Å². The van der Waals surface area contributed by atoms with Crippen molar-refractivity contribution in [2.75, 3.05) is 32.6 Å². The number of hydrogen-bond donors (Lipinski definition) is 1. The number of fused-ring (bicyclic) bond motifs is 1. The first-order chi connectivity index (χ1) is 16.0. The zero-order valence-electron chi connectivity index (χ0n) is 18.4. The molecule has 0 atom stereocenters. The molecule has 2 aromatic carbocycles. The van der Waals surface area contributed by atoms with Crippen LogP contribution in [0.1, 0.15) is 33.6 Å². The first-order valence-electron chi connectivity index (χ1n) is 10.1. The van der Waals surface area contributed by atoms with Crippen molar-refractivity contribution in [3.63, 3.8) is 0 Å². The Morgan fingerprint density at radius 3 is 2.38 bits per heavy atom. The largest absolute Gasteiger partial charge is 0.456 e. The van der Waals surface area contributed by atoms with Crippen LogP contribution in [0.15, 0.2) is 47.4 Å². The summed E-state index contributed by atoms with van der Waals surface area (Å²) in [7, 11) is -1.13. The van der Waals surface area contributed by atoms with E-state index in [9.17, 15) is 32.0 Å². The number of sulfonamides is 1. The third-order valence-corrected chi connectivity index (χ3v) is 6.98. The SMILES string of the molecule is CN1C(=O)c2ccc(NC(=O)COC(=O)CCCN(C)S(=O)(=O)c3ccc(F)cc3)cc2C1=O. The quantitative estimate of drug-likeness (QED) is 0.417. The molecular weight excluding hydrogens is 469 g/mol. The van der Waals surface area contributed by atoms with E-state index in [0.717, 1.165) is 33.5 Å². The van der Waals surface area contributed by atoms with E-state index in [-0.39, 0.29) is 41.1 Å². The van der Waals surface area contributed by atoms with Gasteiger partial charge in [0.15, 0.2) is 6.61 Å². The average molecular weight is 491 g/mol. The third kappa shape index (κ3) is 5.46. The molecule has 0 bridgehead atoms. The number of amides is 3. The van der Waals surface area contributed by atoms with E-state index in [2.05, 4.69) is 5.32 Å². The molecule has 0 spiro atoms. The van der Waals surface area contributed by atoms with Crippen LogP contribution in [0.2, 0.25) is 0 Å². The summed E-state index contributed by atoms with van der Waals surface area (Å²) in [4.78, 5) is 48.8. The van der Waals surface area contributed by atoms with Crippen LogP contribution in [0.5, 0.6) is 0 Å². The van der Waals surface area contributed by atoms with Gasteiger partial charge in [-0.1, -0.05) is 0 Å². The van der Waals surface area contributed by atoms with Crippen molar-refractivity contribution in [1.29, 1.82) is 0 Å². The number of imide groups is 1. The van der Waals surface area contributed by atoms with Gasteiger partial charge in [-0.15, -0.1) is 0 Å². The molecule has 12 heteroatoms. The van der Waals surface area contributed by atoms with Gasteiger partial charge in [-0.05, 0) is 48.9 Å². The van der Waals surface area contributed by atoms with Crippen molar-refractivity contribution in [2.45, 2.75) is 17.7 Å². The zero-order chi connectivity index (χ0) is 25.0. The number of esters is 1. The summed E-state index contributed by atoms with van der Waals surface area (Å²) in [6.07, 6.45) is 0.0181. The van der Waals surface area contributed by atoms with E-state index >= 15 is 0 Å². The summed E-state index contributed by atoms with van der Waals surface area (Å²) in [6.45, 7) is -0.566. The number of halogens is 1. The maximum absolute atomic E-state index is 13.0. The lowest BCUT2D eigenvalue weighted by atomic mass is 10.1. The van der Waals surface area contributed by atoms with E-state index in [1.807, 2.05) is 0 Å². The van der Waals surface area contributed by atoms with E-state index in [1.54, 1.807) is 0 Å². The molecule has 10 nitrogen and oxygen atoms in total. The molecule has 0 saturated heterocycles. The molecule has 1 aliphatic rings. The predicted molar refractivity (Wildman–Crippen MR) is 118 cm³/mol. The summed E-state index contributed by atoms with van der Waals surface area (Å²) in [6, 6.07) is 8.65. The maximum Gasteiger partial charge on any atom is 0.306 e. The smallest absolute Gasteiger partial charge is 0.306 e. The summed E-state index contributed by atoms with van der Waals surface area (Å²) in [5.74, 6) is -2.80. The van der Waals surface area contributed by atoms with E-state index in [4.69, 9.17) is 4.74 Å². The van der Waals surface area contributed by atoms with Crippen LogP contribution >= 0.6 is 0 Å². The van der Waals surface area contributed by atoms with Gasteiger partial charge in [0.1, 0.15) is 5.82 Å². The van der Waals surface area contributed by atoms with E-state index < -0.39 is 46.1 Å². The van der Waals surface area contributed by atoms with Crippen LogP contribution in [-0.4, -0.2) is 68.6 Å². The molecule has 3 rings (SSSR count). The topological polar surface area (TPSA) is 130 Å². The molecular formula is C22H22FN3O7S. The van der Waals surface area contributed by atoms with Crippen molar-refractivity contribution in [3.8, 4) is 0 Å². The van der Waals surface area contributed by atoms with Crippen LogP contribution in [0.4, 0.5) is 10.1 Å². The fourth-order valence-electron chi connectivity index (χ4n) is 3.21. The lowest BCUT2D eigenvalue weighted by Crippen LogP contribution is -2.28. The van der Waals surface area contributed by atoms with Crippen molar-refractivity contribution in [1.82, 2.24) is 9.21 Å². The summed E-state index contributed by atoms with van der Waals surface area (Å²) < 4.78 is 43.8. The standard InChI is InChI=1S/C22H22FN3O7S/c1-25(34(31,32)16-8-5-14(23)6-9-16)11-3-4-20(28)33-13-19(27)24-15-7-10-17-18(12-15)22(30)26(2)21(17)29/h5-10,12H,3-4,11,13H2,1-2H3,(H,24,27). The number of carbonyl (C=O) groups excluding carboxylic acids is 4. The van der Waals surface area contributed by atoms with Crippen LogP contribution < -0.4 is 5.32 Å². The molecule has 2 aromatic rings. The molecule has 0 aliphatic carbocycles. The Balaban J connectivity index is 1.43. The molecule has 180 valence electrons. The minimum Gasteiger partial charge on any atom is -0.456 e. The highest BCUT2D eigenvalue weighted by Gasteiger charge is 2.32. The van der Waals surface area contributed by atoms with Crippen molar-refractivity contribution < 1.29 is 36.7 Å². The Hall–Kier alpha value is -3.64. The molecule has 0 radical (unpaired) electrons. The number of carbonyl (C=O) groups is 4. The Morgan fingerprint density at radius 2 is 1.71 bits per heavy atom. The Kier molecular flexibility index (Phi) is 7.42. The minimum atomic E-state index is -3.83. The third-order valence-electron chi connectivity index (χ3n) is 5.11. The second-order valence-corrected chi connectivity index (χ2v) is 9.57. The van der Waals surface area contributed by atoms with Crippen LogP contribution in [-0.2, 0) is 24.3 Å². The molecule has 3 amide bonds. The van der Waals surface area contributed by atoms with E-state index in [1.165, 1.54) is 32.3 Å². The first-order valence-corrected chi connectivity index (χ1v) is 11.6. The Bertz CT molecular complexity index is 1250. The molecule has 0 fully saturated rings. The maximum atomic E-state index is 13.0. The van der Waals surface area contributed by atoms with Crippen LogP contribution in [0, 0.1) is 5.82 Å². The number of nitrogens with zero attached hydrogens (tertiary/aromatic N) is 2. The highest BCUT2D eigenvalue weighted by Crippen LogP contribution is 2.24. The molecule has 1 heterocycles. The first kappa shape index (κ1) is 25.0. The summed E-state index contributed by atoms with van der Waals surface area (Å²) in [5, 5.41) is 2.48.